The summed E-state index contributed by atoms with van der Waals surface area (Å²) in [6.07, 6.45) is 8.53. The summed E-state index contributed by atoms with van der Waals surface area (Å²) >= 11 is 0. The summed E-state index contributed by atoms with van der Waals surface area (Å²) in [6.45, 7) is 4.16. The first-order valence-electron chi connectivity index (χ1n) is 9.94. The average Bonchev–Trinajstić information content (AvgIpc) is 2.96. The predicted molar refractivity (Wildman–Crippen MR) is 101 cm³/mol. The Kier molecular flexibility index (Phi) is 4.91. The molecule has 1 saturated carbocycles. The van der Waals surface area contributed by atoms with Gasteiger partial charge in [0.2, 0.25) is 5.91 Å². The maximum Gasteiger partial charge on any atom is 0.325 e. The molecular weight excluding hydrogens is 360 g/mol. The molecule has 3 fully saturated rings. The summed E-state index contributed by atoms with van der Waals surface area (Å²) in [5, 5.41) is 2.90. The molecule has 0 aromatic carbocycles. The number of nitrogens with zero attached hydrogens (tertiary/aromatic N) is 5. The molecule has 1 aromatic heterocycles. The fraction of sp³-hybridized carbons (Fsp3) is 0.632. The molecule has 0 unspecified atom stereocenters. The third kappa shape index (κ3) is 3.18. The third-order valence-corrected chi connectivity index (χ3v) is 6.30. The predicted octanol–water partition coefficient (Wildman–Crippen LogP) is 0.626. The van der Waals surface area contributed by atoms with Gasteiger partial charge in [-0.05, 0) is 18.8 Å². The van der Waals surface area contributed by atoms with Crippen LogP contribution in [0.15, 0.2) is 18.6 Å². The second-order valence-electron chi connectivity index (χ2n) is 7.87. The number of amides is 4. The Bertz CT molecular complexity index is 764. The van der Waals surface area contributed by atoms with Gasteiger partial charge in [0, 0.05) is 38.6 Å². The van der Waals surface area contributed by atoms with Crippen LogP contribution in [-0.2, 0) is 9.59 Å². The standard InChI is InChI=1S/C19H26N6O3/c1-14-4-2-3-5-19(14)17(27)25(18(28)22-19)13-16(26)24-10-8-23(9-11-24)15-12-20-6-7-21-15/h6-7,12,14H,2-5,8-11,13H2,1H3,(H,22,28)/t14-,19+/m0/s1. The van der Waals surface area contributed by atoms with Crippen LogP contribution in [0.1, 0.15) is 32.6 Å². The zero-order chi connectivity index (χ0) is 19.7. The highest BCUT2D eigenvalue weighted by atomic mass is 16.2. The lowest BCUT2D eigenvalue weighted by molar-refractivity contribution is -0.140. The first-order valence-corrected chi connectivity index (χ1v) is 9.94. The van der Waals surface area contributed by atoms with Crippen LogP contribution in [0.2, 0.25) is 0 Å². The summed E-state index contributed by atoms with van der Waals surface area (Å²) in [5.74, 6) is 0.448. The van der Waals surface area contributed by atoms with Crippen molar-refractivity contribution in [2.45, 2.75) is 38.1 Å². The van der Waals surface area contributed by atoms with Crippen molar-refractivity contribution in [1.82, 2.24) is 25.1 Å². The molecule has 4 rings (SSSR count). The highest BCUT2D eigenvalue weighted by Gasteiger charge is 2.55. The van der Waals surface area contributed by atoms with Gasteiger partial charge in [0.25, 0.3) is 5.91 Å². The van der Waals surface area contributed by atoms with Gasteiger partial charge < -0.3 is 15.1 Å². The van der Waals surface area contributed by atoms with Gasteiger partial charge in [0.1, 0.15) is 17.9 Å². The lowest BCUT2D eigenvalue weighted by atomic mass is 9.73. The smallest absolute Gasteiger partial charge is 0.325 e. The molecule has 1 N–H and O–H groups in total. The van der Waals surface area contributed by atoms with Gasteiger partial charge in [0.15, 0.2) is 0 Å². The normalized spacial score (nSPS) is 28.0. The molecule has 150 valence electrons. The number of nitrogens with one attached hydrogen (secondary N) is 1. The minimum atomic E-state index is -0.819. The van der Waals surface area contributed by atoms with Crippen molar-refractivity contribution >= 4 is 23.7 Å². The highest BCUT2D eigenvalue weighted by molar-refractivity contribution is 6.09. The number of imide groups is 1. The number of carbonyl (C=O) groups is 3. The van der Waals surface area contributed by atoms with Gasteiger partial charge in [-0.25, -0.2) is 9.78 Å². The van der Waals surface area contributed by atoms with Gasteiger partial charge in [-0.2, -0.15) is 0 Å². The maximum absolute atomic E-state index is 13.0. The lowest BCUT2D eigenvalue weighted by Crippen LogP contribution is -2.55. The number of anilines is 1. The van der Waals surface area contributed by atoms with E-state index in [4.69, 9.17) is 0 Å². The largest absolute Gasteiger partial charge is 0.352 e. The Balaban J connectivity index is 1.36. The van der Waals surface area contributed by atoms with Crippen LogP contribution in [0.4, 0.5) is 10.6 Å². The van der Waals surface area contributed by atoms with E-state index in [9.17, 15) is 14.4 Å². The summed E-state index contributed by atoms with van der Waals surface area (Å²) in [7, 11) is 0. The van der Waals surface area contributed by atoms with E-state index in [1.54, 1.807) is 23.5 Å². The zero-order valence-corrected chi connectivity index (χ0v) is 16.1. The molecule has 3 aliphatic rings. The molecule has 0 radical (unpaired) electrons. The van der Waals surface area contributed by atoms with Crippen LogP contribution in [-0.4, -0.2) is 75.9 Å². The molecular formula is C19H26N6O3. The van der Waals surface area contributed by atoms with Crippen molar-refractivity contribution in [2.75, 3.05) is 37.6 Å². The molecule has 28 heavy (non-hydrogen) atoms. The monoisotopic (exact) mass is 386 g/mol. The third-order valence-electron chi connectivity index (χ3n) is 6.30. The Labute approximate surface area is 164 Å². The van der Waals surface area contributed by atoms with E-state index in [2.05, 4.69) is 20.2 Å². The first-order chi connectivity index (χ1) is 13.5. The zero-order valence-electron chi connectivity index (χ0n) is 16.1. The Morgan fingerprint density at radius 2 is 2.00 bits per heavy atom. The fourth-order valence-corrected chi connectivity index (χ4v) is 4.51. The average molecular weight is 386 g/mol. The van der Waals surface area contributed by atoms with E-state index in [1.807, 2.05) is 6.92 Å². The van der Waals surface area contributed by atoms with Crippen LogP contribution in [0.5, 0.6) is 0 Å². The first kappa shape index (κ1) is 18.6. The summed E-state index contributed by atoms with van der Waals surface area (Å²) < 4.78 is 0. The Hall–Kier alpha value is -2.71. The molecule has 1 spiro atoms. The van der Waals surface area contributed by atoms with Crippen LogP contribution in [0, 0.1) is 5.92 Å². The van der Waals surface area contributed by atoms with E-state index < -0.39 is 11.6 Å². The van der Waals surface area contributed by atoms with E-state index in [-0.39, 0.29) is 24.3 Å². The molecule has 3 heterocycles. The SMILES string of the molecule is C[C@H]1CCCC[C@@]12NC(=O)N(CC(=O)N1CCN(c3cnccn3)CC1)C2=O. The van der Waals surface area contributed by atoms with Crippen molar-refractivity contribution in [3.8, 4) is 0 Å². The van der Waals surface area contributed by atoms with Crippen molar-refractivity contribution < 1.29 is 14.4 Å². The number of rotatable bonds is 3. The molecule has 2 atom stereocenters. The quantitative estimate of drug-likeness (QED) is 0.765. The molecule has 4 amide bonds. The molecule has 2 saturated heterocycles. The van der Waals surface area contributed by atoms with E-state index >= 15 is 0 Å². The van der Waals surface area contributed by atoms with E-state index in [1.165, 1.54) is 0 Å². The number of hydrogen-bond donors (Lipinski definition) is 1. The molecule has 1 aliphatic carbocycles. The number of carbonyl (C=O) groups excluding carboxylic acids is 3. The highest BCUT2D eigenvalue weighted by Crippen LogP contribution is 2.38. The number of aromatic nitrogens is 2. The number of hydrogen-bond acceptors (Lipinski definition) is 6. The summed E-state index contributed by atoms with van der Waals surface area (Å²) in [6, 6.07) is -0.440. The van der Waals surface area contributed by atoms with Crippen LogP contribution in [0.3, 0.4) is 0 Å². The minimum absolute atomic E-state index is 0.0910. The number of piperazine rings is 1. The second kappa shape index (κ2) is 7.37. The van der Waals surface area contributed by atoms with Crippen molar-refractivity contribution in [3.05, 3.63) is 18.6 Å². The summed E-state index contributed by atoms with van der Waals surface area (Å²) in [4.78, 5) is 51.5. The lowest BCUT2D eigenvalue weighted by Gasteiger charge is -2.37. The summed E-state index contributed by atoms with van der Waals surface area (Å²) in [5.41, 5.74) is -0.819. The fourth-order valence-electron chi connectivity index (χ4n) is 4.51. The van der Waals surface area contributed by atoms with Gasteiger partial charge in [0.05, 0.1) is 6.20 Å². The van der Waals surface area contributed by atoms with Crippen LogP contribution >= 0.6 is 0 Å². The van der Waals surface area contributed by atoms with E-state index in [0.29, 0.717) is 32.6 Å². The van der Waals surface area contributed by atoms with E-state index in [0.717, 1.165) is 30.0 Å². The van der Waals surface area contributed by atoms with Gasteiger partial charge in [-0.15, -0.1) is 0 Å². The molecule has 0 bridgehead atoms. The molecule has 2 aliphatic heterocycles. The van der Waals surface area contributed by atoms with Crippen LogP contribution in [0.25, 0.3) is 0 Å². The minimum Gasteiger partial charge on any atom is -0.352 e. The van der Waals surface area contributed by atoms with Crippen molar-refractivity contribution in [1.29, 1.82) is 0 Å². The van der Waals surface area contributed by atoms with Crippen molar-refractivity contribution in [3.63, 3.8) is 0 Å². The van der Waals surface area contributed by atoms with Crippen molar-refractivity contribution in [2.24, 2.45) is 5.92 Å². The van der Waals surface area contributed by atoms with Crippen LogP contribution < -0.4 is 10.2 Å². The second-order valence-corrected chi connectivity index (χ2v) is 7.87. The topological polar surface area (TPSA) is 98.7 Å². The molecule has 9 nitrogen and oxygen atoms in total. The van der Waals surface area contributed by atoms with Gasteiger partial charge in [-0.3, -0.25) is 19.5 Å². The number of urea groups is 1. The molecule has 1 aromatic rings. The van der Waals surface area contributed by atoms with Gasteiger partial charge >= 0.3 is 6.03 Å². The molecule has 9 heteroatoms. The maximum atomic E-state index is 13.0. The Morgan fingerprint density at radius 3 is 2.68 bits per heavy atom. The van der Waals surface area contributed by atoms with Gasteiger partial charge in [-0.1, -0.05) is 19.8 Å². The Morgan fingerprint density at radius 1 is 1.21 bits per heavy atom.